The number of amides is 2. The van der Waals surface area contributed by atoms with Crippen LogP contribution in [0.5, 0.6) is 0 Å². The van der Waals surface area contributed by atoms with Crippen LogP contribution in [-0.4, -0.2) is 62.0 Å². The Labute approximate surface area is 257 Å². The number of fused-ring (bicyclic) bond motifs is 5. The Morgan fingerprint density at radius 1 is 1.19 bits per heavy atom. The fourth-order valence-electron chi connectivity index (χ4n) is 9.61. The second-order valence-corrected chi connectivity index (χ2v) is 14.2. The van der Waals surface area contributed by atoms with Crippen molar-refractivity contribution in [1.29, 1.82) is 0 Å². The van der Waals surface area contributed by atoms with E-state index in [1.807, 2.05) is 13.0 Å². The van der Waals surface area contributed by atoms with E-state index in [1.54, 1.807) is 29.3 Å². The number of hydrogen-bond acceptors (Lipinski definition) is 7. The molecule has 1 heterocycles. The highest BCUT2D eigenvalue weighted by atomic mass is 32.1. The zero-order valence-electron chi connectivity index (χ0n) is 24.8. The molecule has 230 valence electrons. The number of thiol groups is 1. The van der Waals surface area contributed by atoms with Crippen molar-refractivity contribution in [3.8, 4) is 0 Å². The summed E-state index contributed by atoms with van der Waals surface area (Å²) in [6.07, 6.45) is 8.06. The topological polar surface area (TPSA) is 159 Å². The fourth-order valence-corrected chi connectivity index (χ4v) is 9.98. The van der Waals surface area contributed by atoms with Gasteiger partial charge in [-0.05, 0) is 111 Å². The summed E-state index contributed by atoms with van der Waals surface area (Å²) < 4.78 is 0. The number of nitrogens with zero attached hydrogens (tertiary/aromatic N) is 2. The molecule has 2 amide bonds. The van der Waals surface area contributed by atoms with E-state index in [0.717, 1.165) is 37.0 Å². The number of carbonyl (C=O) groups is 3. The van der Waals surface area contributed by atoms with Gasteiger partial charge in [0.25, 0.3) is 5.91 Å². The lowest BCUT2D eigenvalue weighted by Gasteiger charge is -2.60. The molecule has 9 nitrogen and oxygen atoms in total. The first-order valence-electron chi connectivity index (χ1n) is 15.4. The molecule has 6 rings (SSSR count). The van der Waals surface area contributed by atoms with E-state index in [1.165, 1.54) is 5.57 Å². The number of benzene rings is 1. The number of aliphatic imine (C=N–C) groups is 1. The van der Waals surface area contributed by atoms with Crippen molar-refractivity contribution in [3.63, 3.8) is 0 Å². The SMILES string of the molecule is C[C@]12CC(=CN)C(=Nc3cccc(C(=O)N4CCC[C@@H]4C(N)=O)c3)C=C1CC[C@@H]1C2C(O)C[C@@]2(C)C1CC[C@]2(O)C(=O)S. The van der Waals surface area contributed by atoms with Gasteiger partial charge in [0, 0.05) is 17.5 Å². The molecule has 10 heteroatoms. The molecule has 1 saturated heterocycles. The van der Waals surface area contributed by atoms with Crippen LogP contribution in [0.2, 0.25) is 0 Å². The molecule has 0 aromatic heterocycles. The summed E-state index contributed by atoms with van der Waals surface area (Å²) in [6, 6.07) is 6.50. The molecule has 5 aliphatic rings. The normalized spacial score (nSPS) is 40.5. The van der Waals surface area contributed by atoms with Gasteiger partial charge in [0.2, 0.25) is 11.0 Å². The molecule has 6 N–H and O–H groups in total. The third kappa shape index (κ3) is 4.51. The minimum atomic E-state index is -1.52. The molecule has 1 aliphatic heterocycles. The summed E-state index contributed by atoms with van der Waals surface area (Å²) in [6.45, 7) is 4.66. The second-order valence-electron chi connectivity index (χ2n) is 13.8. The van der Waals surface area contributed by atoms with Gasteiger partial charge in [0.15, 0.2) is 0 Å². The number of hydrogen-bond donors (Lipinski definition) is 5. The largest absolute Gasteiger partial charge is 0.404 e. The summed E-state index contributed by atoms with van der Waals surface area (Å²) in [5, 5.41) is 22.6. The van der Waals surface area contributed by atoms with E-state index < -0.39 is 34.2 Å². The van der Waals surface area contributed by atoms with Crippen molar-refractivity contribution in [1.82, 2.24) is 4.90 Å². The van der Waals surface area contributed by atoms with Crippen LogP contribution in [0.4, 0.5) is 5.69 Å². The quantitative estimate of drug-likeness (QED) is 0.330. The van der Waals surface area contributed by atoms with Crippen LogP contribution in [0, 0.1) is 28.6 Å². The number of likely N-dealkylation sites (tertiary alicyclic amines) is 1. The molecular weight excluding hydrogens is 564 g/mol. The molecule has 8 atom stereocenters. The lowest BCUT2D eigenvalue weighted by Crippen LogP contribution is -2.61. The molecule has 1 aromatic carbocycles. The minimum absolute atomic E-state index is 0.0425. The second kappa shape index (κ2) is 10.6. The van der Waals surface area contributed by atoms with Crippen LogP contribution in [-0.2, 0) is 9.59 Å². The average molecular weight is 607 g/mol. The Kier molecular flexibility index (Phi) is 7.41. The molecule has 43 heavy (non-hydrogen) atoms. The maximum atomic E-state index is 13.3. The van der Waals surface area contributed by atoms with Crippen molar-refractivity contribution in [2.45, 2.75) is 83.0 Å². The Morgan fingerprint density at radius 2 is 1.95 bits per heavy atom. The third-order valence-corrected chi connectivity index (χ3v) is 12.1. The maximum Gasteiger partial charge on any atom is 0.254 e. The number of carbonyl (C=O) groups excluding carboxylic acids is 3. The molecular formula is C33H42N4O5S. The predicted octanol–water partition coefficient (Wildman–Crippen LogP) is 3.42. The van der Waals surface area contributed by atoms with Crippen molar-refractivity contribution in [2.75, 3.05) is 6.54 Å². The van der Waals surface area contributed by atoms with E-state index >= 15 is 0 Å². The summed E-state index contributed by atoms with van der Waals surface area (Å²) in [4.78, 5) is 44.1. The van der Waals surface area contributed by atoms with Crippen LogP contribution >= 0.6 is 12.6 Å². The Morgan fingerprint density at radius 3 is 2.65 bits per heavy atom. The fraction of sp³-hybridized carbons (Fsp3) is 0.576. The third-order valence-electron chi connectivity index (χ3n) is 11.8. The Bertz CT molecular complexity index is 1470. The molecule has 3 saturated carbocycles. The van der Waals surface area contributed by atoms with Crippen LogP contribution in [0.1, 0.15) is 75.6 Å². The summed E-state index contributed by atoms with van der Waals surface area (Å²) in [5.74, 6) is -0.488. The monoisotopic (exact) mass is 606 g/mol. The van der Waals surface area contributed by atoms with E-state index in [4.69, 9.17) is 16.5 Å². The first-order chi connectivity index (χ1) is 20.3. The molecule has 0 radical (unpaired) electrons. The standard InChI is InChI=1S/C33H42N4O5S/c1-31-15-19(17-34)24(36-21-6-3-5-18(13-21)29(40)37-12-4-7-25(37)28(35)39)14-20(31)8-9-22-23-10-11-33(42,30(41)43)32(23,2)16-26(38)27(22)31/h3,5-6,13-14,17,22-23,25-27,38,42H,4,7-12,15-16,34H2,1-2H3,(H2,35,39)(H,41,43)/t22-,23?,25+,26?,27?,31-,32-,33-/m0/s1. The zero-order chi connectivity index (χ0) is 30.9. The lowest BCUT2D eigenvalue weighted by atomic mass is 9.45. The number of nitrogens with two attached hydrogens (primary N) is 2. The number of allylic oxidation sites excluding steroid dienone is 3. The highest BCUT2D eigenvalue weighted by molar-refractivity contribution is 7.96. The van der Waals surface area contributed by atoms with Gasteiger partial charge in [-0.2, -0.15) is 0 Å². The van der Waals surface area contributed by atoms with Crippen LogP contribution in [0.3, 0.4) is 0 Å². The van der Waals surface area contributed by atoms with Gasteiger partial charge < -0.3 is 26.6 Å². The Hall–Kier alpha value is -2.95. The van der Waals surface area contributed by atoms with E-state index in [0.29, 0.717) is 43.5 Å². The number of rotatable bonds is 4. The average Bonchev–Trinajstić information content (AvgIpc) is 3.56. The first-order valence-corrected chi connectivity index (χ1v) is 15.8. The van der Waals surface area contributed by atoms with Crippen molar-refractivity contribution in [3.05, 3.63) is 53.3 Å². The van der Waals surface area contributed by atoms with E-state index in [9.17, 15) is 24.6 Å². The highest BCUT2D eigenvalue weighted by Gasteiger charge is 2.68. The van der Waals surface area contributed by atoms with E-state index in [-0.39, 0.29) is 29.1 Å². The van der Waals surface area contributed by atoms with Gasteiger partial charge in [-0.15, -0.1) is 12.6 Å². The number of aliphatic hydroxyl groups is 2. The zero-order valence-corrected chi connectivity index (χ0v) is 25.7. The minimum Gasteiger partial charge on any atom is -0.404 e. The summed E-state index contributed by atoms with van der Waals surface area (Å²) in [5.41, 5.74) is 13.0. The predicted molar refractivity (Wildman–Crippen MR) is 166 cm³/mol. The number of aliphatic hydroxyl groups excluding tert-OH is 1. The van der Waals surface area contributed by atoms with E-state index in [2.05, 4.69) is 25.6 Å². The summed E-state index contributed by atoms with van der Waals surface area (Å²) in [7, 11) is 0. The Balaban J connectivity index is 1.30. The van der Waals surface area contributed by atoms with Gasteiger partial charge in [-0.1, -0.05) is 25.5 Å². The van der Waals surface area contributed by atoms with Crippen molar-refractivity contribution >= 4 is 41.0 Å². The van der Waals surface area contributed by atoms with Gasteiger partial charge in [0.1, 0.15) is 11.6 Å². The molecule has 4 fully saturated rings. The summed E-state index contributed by atoms with van der Waals surface area (Å²) >= 11 is 4.06. The molecule has 4 aliphatic carbocycles. The van der Waals surface area contributed by atoms with Crippen LogP contribution in [0.15, 0.2) is 52.7 Å². The van der Waals surface area contributed by atoms with Gasteiger partial charge >= 0.3 is 0 Å². The lowest BCUT2D eigenvalue weighted by molar-refractivity contribution is -0.173. The molecule has 0 spiro atoms. The van der Waals surface area contributed by atoms with Crippen molar-refractivity contribution < 1.29 is 24.6 Å². The van der Waals surface area contributed by atoms with Gasteiger partial charge in [0.05, 0.1) is 17.5 Å². The molecule has 1 aromatic rings. The van der Waals surface area contributed by atoms with Crippen molar-refractivity contribution in [2.24, 2.45) is 45.0 Å². The first kappa shape index (κ1) is 30.1. The molecule has 3 unspecified atom stereocenters. The van der Waals surface area contributed by atoms with Gasteiger partial charge in [-0.3, -0.25) is 14.4 Å². The molecule has 0 bridgehead atoms. The maximum absolute atomic E-state index is 13.3. The van der Waals surface area contributed by atoms with Crippen LogP contribution < -0.4 is 11.5 Å². The smallest absolute Gasteiger partial charge is 0.254 e. The van der Waals surface area contributed by atoms with Gasteiger partial charge in [-0.25, -0.2) is 4.99 Å². The van der Waals surface area contributed by atoms with Crippen LogP contribution in [0.25, 0.3) is 0 Å². The highest BCUT2D eigenvalue weighted by Crippen LogP contribution is 2.68. The number of primary amides is 1.